The van der Waals surface area contributed by atoms with Gasteiger partial charge in [0.05, 0.1) is 5.69 Å². The first kappa shape index (κ1) is 21.7. The van der Waals surface area contributed by atoms with E-state index in [0.29, 0.717) is 11.6 Å². The molecular formula is C24H24BrN3O2S. The molecule has 160 valence electrons. The Bertz CT molecular complexity index is 1140. The number of hydrogen-bond acceptors (Lipinski definition) is 4. The lowest BCUT2D eigenvalue weighted by atomic mass is 9.80. The van der Waals surface area contributed by atoms with Gasteiger partial charge in [-0.1, -0.05) is 35.0 Å². The zero-order chi connectivity index (χ0) is 22.5. The SMILES string of the molecule is C[C@@H]1CC(C)(C)N(C)c2ccc(/C=C3\C(=O)NC(=S)N(c4cccc(Br)c4)C3=O)cc21. The van der Waals surface area contributed by atoms with E-state index >= 15 is 0 Å². The van der Waals surface area contributed by atoms with E-state index in [1.54, 1.807) is 18.2 Å². The molecular weight excluding hydrogens is 474 g/mol. The third-order valence-electron chi connectivity index (χ3n) is 6.14. The number of nitrogens with zero attached hydrogens (tertiary/aromatic N) is 2. The van der Waals surface area contributed by atoms with E-state index in [0.717, 1.165) is 16.5 Å². The van der Waals surface area contributed by atoms with Crippen LogP contribution < -0.4 is 15.1 Å². The number of fused-ring (bicyclic) bond motifs is 1. The van der Waals surface area contributed by atoms with Crippen LogP contribution in [0.1, 0.15) is 44.2 Å². The highest BCUT2D eigenvalue weighted by Crippen LogP contribution is 2.42. The van der Waals surface area contributed by atoms with E-state index < -0.39 is 11.8 Å². The van der Waals surface area contributed by atoms with Crippen LogP contribution in [0.2, 0.25) is 0 Å². The molecule has 1 fully saturated rings. The van der Waals surface area contributed by atoms with Gasteiger partial charge in [0.25, 0.3) is 11.8 Å². The molecule has 1 N–H and O–H groups in total. The highest BCUT2D eigenvalue weighted by molar-refractivity contribution is 9.10. The predicted octanol–water partition coefficient (Wildman–Crippen LogP) is 5.00. The lowest BCUT2D eigenvalue weighted by Crippen LogP contribution is -2.54. The second-order valence-corrected chi connectivity index (χ2v) is 10.0. The van der Waals surface area contributed by atoms with Crippen LogP contribution in [0.3, 0.4) is 0 Å². The van der Waals surface area contributed by atoms with Gasteiger partial charge in [-0.05, 0) is 85.9 Å². The van der Waals surface area contributed by atoms with Crippen LogP contribution in [0.25, 0.3) is 6.08 Å². The largest absolute Gasteiger partial charge is 0.369 e. The van der Waals surface area contributed by atoms with E-state index in [2.05, 4.69) is 66.1 Å². The van der Waals surface area contributed by atoms with Crippen molar-refractivity contribution < 1.29 is 9.59 Å². The van der Waals surface area contributed by atoms with Crippen LogP contribution in [0.4, 0.5) is 11.4 Å². The molecule has 2 aliphatic heterocycles. The molecule has 5 nitrogen and oxygen atoms in total. The maximum atomic E-state index is 13.2. The Balaban J connectivity index is 1.73. The summed E-state index contributed by atoms with van der Waals surface area (Å²) in [7, 11) is 2.11. The summed E-state index contributed by atoms with van der Waals surface area (Å²) >= 11 is 8.69. The Morgan fingerprint density at radius 3 is 2.65 bits per heavy atom. The lowest BCUT2D eigenvalue weighted by molar-refractivity contribution is -0.122. The molecule has 2 aromatic carbocycles. The molecule has 4 rings (SSSR count). The Kier molecular flexibility index (Phi) is 5.52. The van der Waals surface area contributed by atoms with Gasteiger partial charge >= 0.3 is 0 Å². The summed E-state index contributed by atoms with van der Waals surface area (Å²) in [5.74, 6) is -0.540. The summed E-state index contributed by atoms with van der Waals surface area (Å²) in [6.45, 7) is 6.70. The monoisotopic (exact) mass is 497 g/mol. The number of thiocarbonyl (C=S) groups is 1. The van der Waals surface area contributed by atoms with Crippen LogP contribution in [0, 0.1) is 0 Å². The molecule has 7 heteroatoms. The Labute approximate surface area is 196 Å². The van der Waals surface area contributed by atoms with Gasteiger partial charge in [0, 0.05) is 22.7 Å². The number of benzene rings is 2. The first-order valence-electron chi connectivity index (χ1n) is 10.1. The van der Waals surface area contributed by atoms with Crippen LogP contribution in [-0.4, -0.2) is 29.5 Å². The standard InChI is InChI=1S/C24H24BrN3O2S/c1-14-13-24(2,3)27(4)20-9-8-15(10-18(14)20)11-19-21(29)26-23(31)28(22(19)30)17-7-5-6-16(25)12-17/h5-12,14H,13H2,1-4H3,(H,26,29,31)/b19-11+/t14-/m1/s1. The van der Waals surface area contributed by atoms with E-state index in [1.165, 1.54) is 16.2 Å². The van der Waals surface area contributed by atoms with Gasteiger partial charge in [-0.25, -0.2) is 0 Å². The number of nitrogens with one attached hydrogen (secondary N) is 1. The summed E-state index contributed by atoms with van der Waals surface area (Å²) in [5, 5.41) is 2.72. The van der Waals surface area contributed by atoms with Crippen molar-refractivity contribution in [1.82, 2.24) is 5.32 Å². The first-order chi connectivity index (χ1) is 14.6. The zero-order valence-corrected chi connectivity index (χ0v) is 20.3. The number of anilines is 2. The molecule has 2 aliphatic rings. The Morgan fingerprint density at radius 1 is 1.19 bits per heavy atom. The molecule has 2 heterocycles. The van der Waals surface area contributed by atoms with Crippen molar-refractivity contribution in [3.63, 3.8) is 0 Å². The van der Waals surface area contributed by atoms with E-state index in [1.807, 2.05) is 18.2 Å². The van der Waals surface area contributed by atoms with Crippen molar-refractivity contribution >= 4 is 62.5 Å². The van der Waals surface area contributed by atoms with Crippen LogP contribution in [-0.2, 0) is 9.59 Å². The van der Waals surface area contributed by atoms with Crippen LogP contribution in [0.5, 0.6) is 0 Å². The number of amides is 2. The normalized spacial score (nSPS) is 21.9. The van der Waals surface area contributed by atoms with Gasteiger partial charge in [-0.3, -0.25) is 19.8 Å². The fraction of sp³-hybridized carbons (Fsp3) is 0.292. The van der Waals surface area contributed by atoms with Gasteiger partial charge in [-0.2, -0.15) is 0 Å². The van der Waals surface area contributed by atoms with Gasteiger partial charge in [-0.15, -0.1) is 0 Å². The quantitative estimate of drug-likeness (QED) is 0.360. The van der Waals surface area contributed by atoms with Crippen molar-refractivity contribution in [2.45, 2.75) is 38.6 Å². The van der Waals surface area contributed by atoms with Gasteiger partial charge in [0.15, 0.2) is 5.11 Å². The summed E-state index contributed by atoms with van der Waals surface area (Å²) < 4.78 is 0.818. The third kappa shape index (κ3) is 3.92. The fourth-order valence-electron chi connectivity index (χ4n) is 4.36. The molecule has 0 spiro atoms. The van der Waals surface area contributed by atoms with Gasteiger partial charge in [0.2, 0.25) is 0 Å². The zero-order valence-electron chi connectivity index (χ0n) is 17.9. The molecule has 0 aliphatic carbocycles. The molecule has 2 amide bonds. The topological polar surface area (TPSA) is 52.7 Å². The molecule has 2 aromatic rings. The summed E-state index contributed by atoms with van der Waals surface area (Å²) in [6.07, 6.45) is 2.68. The number of carbonyl (C=O) groups is 2. The number of halogens is 1. The fourth-order valence-corrected chi connectivity index (χ4v) is 5.03. The lowest BCUT2D eigenvalue weighted by Gasteiger charge is -2.45. The molecule has 31 heavy (non-hydrogen) atoms. The smallest absolute Gasteiger partial charge is 0.270 e. The maximum absolute atomic E-state index is 13.2. The molecule has 0 unspecified atom stereocenters. The van der Waals surface area contributed by atoms with Crippen molar-refractivity contribution in [2.24, 2.45) is 0 Å². The average Bonchev–Trinajstić information content (AvgIpc) is 2.69. The van der Waals surface area contributed by atoms with Crippen molar-refractivity contribution in [1.29, 1.82) is 0 Å². The Hall–Kier alpha value is -2.51. The van der Waals surface area contributed by atoms with Gasteiger partial charge in [0.1, 0.15) is 5.57 Å². The molecule has 1 atom stereocenters. The number of carbonyl (C=O) groups excluding carboxylic acids is 2. The minimum absolute atomic E-state index is 0.0608. The molecule has 0 bridgehead atoms. The minimum atomic E-state index is -0.481. The second kappa shape index (κ2) is 7.88. The Morgan fingerprint density at radius 2 is 1.94 bits per heavy atom. The summed E-state index contributed by atoms with van der Waals surface area (Å²) in [6, 6.07) is 13.4. The first-order valence-corrected chi connectivity index (χ1v) is 11.3. The highest BCUT2D eigenvalue weighted by Gasteiger charge is 2.36. The van der Waals surface area contributed by atoms with Crippen molar-refractivity contribution in [3.8, 4) is 0 Å². The molecule has 0 saturated carbocycles. The van der Waals surface area contributed by atoms with Crippen LogP contribution >= 0.6 is 28.1 Å². The van der Waals surface area contributed by atoms with Crippen molar-refractivity contribution in [3.05, 3.63) is 63.6 Å². The maximum Gasteiger partial charge on any atom is 0.270 e. The average molecular weight is 498 g/mol. The number of hydrogen-bond donors (Lipinski definition) is 1. The summed E-state index contributed by atoms with van der Waals surface area (Å²) in [4.78, 5) is 29.5. The second-order valence-electron chi connectivity index (χ2n) is 8.73. The molecule has 0 radical (unpaired) electrons. The molecule has 0 aromatic heterocycles. The van der Waals surface area contributed by atoms with E-state index in [9.17, 15) is 9.59 Å². The van der Waals surface area contributed by atoms with E-state index in [4.69, 9.17) is 12.2 Å². The number of rotatable bonds is 2. The molecule has 1 saturated heterocycles. The summed E-state index contributed by atoms with van der Waals surface area (Å²) in [5.41, 5.74) is 3.95. The highest BCUT2D eigenvalue weighted by atomic mass is 79.9. The van der Waals surface area contributed by atoms with Crippen LogP contribution in [0.15, 0.2) is 52.5 Å². The minimum Gasteiger partial charge on any atom is -0.369 e. The third-order valence-corrected chi connectivity index (χ3v) is 6.91. The predicted molar refractivity (Wildman–Crippen MR) is 132 cm³/mol. The van der Waals surface area contributed by atoms with Crippen molar-refractivity contribution in [2.75, 3.05) is 16.8 Å². The van der Waals surface area contributed by atoms with E-state index in [-0.39, 0.29) is 16.2 Å². The van der Waals surface area contributed by atoms with Gasteiger partial charge < -0.3 is 4.90 Å².